The fourth-order valence-corrected chi connectivity index (χ4v) is 3.75. The molecule has 27 heavy (non-hydrogen) atoms. The van der Waals surface area contributed by atoms with Crippen molar-refractivity contribution in [2.24, 2.45) is 4.99 Å². The number of nitrogens with zero attached hydrogens (tertiary/aromatic N) is 2. The van der Waals surface area contributed by atoms with Gasteiger partial charge in [0.25, 0.3) is 0 Å². The first-order valence-electron chi connectivity index (χ1n) is 8.73. The molecule has 2 rings (SSSR count). The molecule has 8 heteroatoms. The molecule has 0 aliphatic carbocycles. The van der Waals surface area contributed by atoms with Crippen LogP contribution in [0.15, 0.2) is 34.2 Å². The molecule has 0 aliphatic heterocycles. The molecule has 146 valence electrons. The molecular formula is C19H26N4O2S2. The average Bonchev–Trinajstić information content (AvgIpc) is 3.07. The van der Waals surface area contributed by atoms with E-state index in [-0.39, 0.29) is 12.0 Å². The topological polar surface area (TPSA) is 75.6 Å². The Morgan fingerprint density at radius 1 is 1.37 bits per heavy atom. The van der Waals surface area contributed by atoms with Crippen molar-refractivity contribution in [2.45, 2.75) is 38.3 Å². The lowest BCUT2D eigenvalue weighted by atomic mass is 10.2. The van der Waals surface area contributed by atoms with E-state index in [0.717, 1.165) is 5.01 Å². The van der Waals surface area contributed by atoms with E-state index in [1.807, 2.05) is 13.8 Å². The first-order valence-corrected chi connectivity index (χ1v) is 10.8. The number of guanidine groups is 1. The second-order valence-corrected chi connectivity index (χ2v) is 7.74. The van der Waals surface area contributed by atoms with Crippen molar-refractivity contribution >= 4 is 35.0 Å². The number of nitrogens with one attached hydrogen (secondary N) is 2. The summed E-state index contributed by atoms with van der Waals surface area (Å²) in [6.45, 7) is 6.64. The highest BCUT2D eigenvalue weighted by molar-refractivity contribution is 7.98. The zero-order valence-corrected chi connectivity index (χ0v) is 18.0. The summed E-state index contributed by atoms with van der Waals surface area (Å²) >= 11 is 3.08. The van der Waals surface area contributed by atoms with Crippen LogP contribution in [0, 0.1) is 6.92 Å². The van der Waals surface area contributed by atoms with Crippen LogP contribution >= 0.6 is 23.1 Å². The minimum absolute atomic E-state index is 0.0815. The molecule has 1 heterocycles. The number of carbonyl (C=O) groups excluding carboxylic acids is 1. The van der Waals surface area contributed by atoms with Crippen LogP contribution in [0.5, 0.6) is 0 Å². The van der Waals surface area contributed by atoms with Crippen molar-refractivity contribution < 1.29 is 9.53 Å². The molecule has 0 amide bonds. The largest absolute Gasteiger partial charge is 0.462 e. The molecule has 1 aromatic heterocycles. The number of benzene rings is 1. The van der Waals surface area contributed by atoms with E-state index in [0.29, 0.717) is 29.7 Å². The second kappa shape index (κ2) is 10.3. The molecule has 0 fully saturated rings. The van der Waals surface area contributed by atoms with Crippen LogP contribution in [0.3, 0.4) is 0 Å². The van der Waals surface area contributed by atoms with Gasteiger partial charge in [-0.2, -0.15) is 0 Å². The number of hydrogen-bond donors (Lipinski definition) is 2. The van der Waals surface area contributed by atoms with E-state index in [9.17, 15) is 4.79 Å². The van der Waals surface area contributed by atoms with Crippen molar-refractivity contribution in [3.8, 4) is 0 Å². The van der Waals surface area contributed by atoms with Crippen LogP contribution in [-0.2, 0) is 11.3 Å². The molecule has 1 unspecified atom stereocenters. The lowest BCUT2D eigenvalue weighted by Gasteiger charge is -2.16. The maximum atomic E-state index is 12.0. The van der Waals surface area contributed by atoms with E-state index >= 15 is 0 Å². The van der Waals surface area contributed by atoms with Gasteiger partial charge in [-0.1, -0.05) is 12.1 Å². The molecule has 1 aromatic carbocycles. The van der Waals surface area contributed by atoms with E-state index in [2.05, 4.69) is 51.1 Å². The van der Waals surface area contributed by atoms with Gasteiger partial charge in [-0.05, 0) is 44.7 Å². The summed E-state index contributed by atoms with van der Waals surface area (Å²) < 4.78 is 5.08. The predicted molar refractivity (Wildman–Crippen MR) is 113 cm³/mol. The number of carbonyl (C=O) groups is 1. The third kappa shape index (κ3) is 5.97. The van der Waals surface area contributed by atoms with E-state index in [1.165, 1.54) is 21.8 Å². The summed E-state index contributed by atoms with van der Waals surface area (Å²) in [6.07, 6.45) is 2.06. The SMILES string of the molecule is CCOC(=O)c1sc(C(C)NC(=NC)NCc2ccc(SC)cc2)nc1C. The van der Waals surface area contributed by atoms with Gasteiger partial charge in [0.15, 0.2) is 5.96 Å². The molecule has 6 nitrogen and oxygen atoms in total. The second-order valence-electron chi connectivity index (χ2n) is 5.83. The number of thioether (sulfide) groups is 1. The maximum absolute atomic E-state index is 12.0. The summed E-state index contributed by atoms with van der Waals surface area (Å²) in [5.41, 5.74) is 1.87. The van der Waals surface area contributed by atoms with Gasteiger partial charge in [-0.25, -0.2) is 9.78 Å². The molecule has 0 spiro atoms. The van der Waals surface area contributed by atoms with Crippen molar-refractivity contribution in [2.75, 3.05) is 19.9 Å². The molecule has 0 saturated heterocycles. The van der Waals surface area contributed by atoms with E-state index in [1.54, 1.807) is 25.7 Å². The quantitative estimate of drug-likeness (QED) is 0.315. The number of ether oxygens (including phenoxy) is 1. The summed E-state index contributed by atoms with van der Waals surface area (Å²) in [5, 5.41) is 7.45. The summed E-state index contributed by atoms with van der Waals surface area (Å²) in [7, 11) is 1.73. The molecule has 0 bridgehead atoms. The van der Waals surface area contributed by atoms with Gasteiger partial charge in [0, 0.05) is 18.5 Å². The molecule has 0 saturated carbocycles. The zero-order valence-electron chi connectivity index (χ0n) is 16.3. The van der Waals surface area contributed by atoms with Crippen LogP contribution in [-0.4, -0.2) is 36.8 Å². The summed E-state index contributed by atoms with van der Waals surface area (Å²) in [5.74, 6) is 0.365. The van der Waals surface area contributed by atoms with Gasteiger partial charge in [0.2, 0.25) is 0 Å². The molecule has 1 atom stereocenters. The van der Waals surface area contributed by atoms with Crippen LogP contribution in [0.1, 0.15) is 45.8 Å². The maximum Gasteiger partial charge on any atom is 0.350 e. The molecule has 2 N–H and O–H groups in total. The number of aryl methyl sites for hydroxylation is 1. The normalized spacial score (nSPS) is 12.6. The van der Waals surface area contributed by atoms with Gasteiger partial charge in [0.1, 0.15) is 9.88 Å². The van der Waals surface area contributed by atoms with Gasteiger partial charge in [-0.3, -0.25) is 4.99 Å². The minimum atomic E-state index is -0.317. The Hall–Kier alpha value is -2.06. The number of aromatic nitrogens is 1. The smallest absolute Gasteiger partial charge is 0.350 e. The molecule has 0 radical (unpaired) electrons. The van der Waals surface area contributed by atoms with Gasteiger partial charge in [0.05, 0.1) is 18.3 Å². The first kappa shape index (κ1) is 21.2. The number of hydrogen-bond acceptors (Lipinski definition) is 6. The van der Waals surface area contributed by atoms with Crippen LogP contribution in [0.4, 0.5) is 0 Å². The monoisotopic (exact) mass is 406 g/mol. The Morgan fingerprint density at radius 2 is 2.07 bits per heavy atom. The Labute approximate surface area is 168 Å². The summed E-state index contributed by atoms with van der Waals surface area (Å²) in [6, 6.07) is 8.34. The van der Waals surface area contributed by atoms with Crippen molar-refractivity contribution in [3.05, 3.63) is 45.4 Å². The number of thiazole rings is 1. The van der Waals surface area contributed by atoms with Crippen LogP contribution in [0.25, 0.3) is 0 Å². The predicted octanol–water partition coefficient (Wildman–Crippen LogP) is 3.78. The van der Waals surface area contributed by atoms with E-state index < -0.39 is 0 Å². The van der Waals surface area contributed by atoms with Gasteiger partial charge in [-0.15, -0.1) is 23.1 Å². The number of rotatable bonds is 7. The number of esters is 1. The highest BCUT2D eigenvalue weighted by atomic mass is 32.2. The first-order chi connectivity index (χ1) is 13.0. The zero-order chi connectivity index (χ0) is 19.8. The van der Waals surface area contributed by atoms with E-state index in [4.69, 9.17) is 4.74 Å². The minimum Gasteiger partial charge on any atom is -0.462 e. The van der Waals surface area contributed by atoms with Gasteiger partial charge < -0.3 is 15.4 Å². The molecular weight excluding hydrogens is 380 g/mol. The lowest BCUT2D eigenvalue weighted by Crippen LogP contribution is -2.38. The average molecular weight is 407 g/mol. The highest BCUT2D eigenvalue weighted by Gasteiger charge is 2.20. The standard InChI is InChI=1S/C19H26N4O2S2/c1-6-25-18(24)16-12(2)22-17(27-16)13(3)23-19(20-4)21-11-14-7-9-15(26-5)10-8-14/h7-10,13H,6,11H2,1-5H3,(H2,20,21,23). The lowest BCUT2D eigenvalue weighted by molar-refractivity contribution is 0.0531. The Bertz CT molecular complexity index is 788. The van der Waals surface area contributed by atoms with Crippen LogP contribution in [0.2, 0.25) is 0 Å². The Morgan fingerprint density at radius 3 is 2.67 bits per heavy atom. The van der Waals surface area contributed by atoms with Crippen molar-refractivity contribution in [1.29, 1.82) is 0 Å². The van der Waals surface area contributed by atoms with Crippen molar-refractivity contribution in [1.82, 2.24) is 15.6 Å². The number of aliphatic imine (C=N–C) groups is 1. The molecule has 0 aliphatic rings. The third-order valence-electron chi connectivity index (χ3n) is 3.84. The Balaban J connectivity index is 1.97. The fraction of sp³-hybridized carbons (Fsp3) is 0.421. The fourth-order valence-electron chi connectivity index (χ4n) is 2.38. The summed E-state index contributed by atoms with van der Waals surface area (Å²) in [4.78, 5) is 22.6. The van der Waals surface area contributed by atoms with Crippen LogP contribution < -0.4 is 10.6 Å². The van der Waals surface area contributed by atoms with Crippen molar-refractivity contribution in [3.63, 3.8) is 0 Å². The third-order valence-corrected chi connectivity index (χ3v) is 5.90. The van der Waals surface area contributed by atoms with Gasteiger partial charge >= 0.3 is 5.97 Å². The highest BCUT2D eigenvalue weighted by Crippen LogP contribution is 2.24. The Kier molecular flexibility index (Phi) is 8.12. The molecule has 2 aromatic rings.